The molecule has 0 unspecified atom stereocenters. The average molecular weight is 246 g/mol. The van der Waals surface area contributed by atoms with Gasteiger partial charge in [-0.3, -0.25) is 0 Å². The Morgan fingerprint density at radius 3 is 1.12 bits per heavy atom. The summed E-state index contributed by atoms with van der Waals surface area (Å²) in [6, 6.07) is 0. The summed E-state index contributed by atoms with van der Waals surface area (Å²) in [5, 5.41) is 8.25. The molecule has 0 aromatic carbocycles. The van der Waals surface area contributed by atoms with E-state index in [9.17, 15) is 0 Å². The molecule has 0 aliphatic rings. The Morgan fingerprint density at radius 1 is 0.812 bits per heavy atom. The molecule has 4 heteroatoms. The van der Waals surface area contributed by atoms with Crippen molar-refractivity contribution in [1.29, 1.82) is 0 Å². The van der Waals surface area contributed by atoms with Gasteiger partial charge in [0.05, 0.1) is 24.6 Å². The third-order valence-electron chi connectivity index (χ3n) is 2.79. The summed E-state index contributed by atoms with van der Waals surface area (Å²) in [6.45, 7) is 9.43. The summed E-state index contributed by atoms with van der Waals surface area (Å²) >= 11 is 0. The second-order valence-electron chi connectivity index (χ2n) is 4.33. The van der Waals surface area contributed by atoms with Gasteiger partial charge in [-0.1, -0.05) is 27.7 Å². The van der Waals surface area contributed by atoms with Gasteiger partial charge >= 0.3 is 17.1 Å². The number of hydrogen-bond acceptors (Lipinski definition) is 2. The summed E-state index contributed by atoms with van der Waals surface area (Å²) in [7, 11) is -0.996. The minimum absolute atomic E-state index is 0.496. The molecule has 0 aromatic heterocycles. The molecule has 96 valence electrons. The van der Waals surface area contributed by atoms with Gasteiger partial charge in [-0.2, -0.15) is 0 Å². The number of hydrogen-bond donors (Lipinski definition) is 0. The molecule has 0 atom stereocenters. The van der Waals surface area contributed by atoms with E-state index in [0.717, 1.165) is 0 Å². The molecule has 0 saturated carbocycles. The van der Waals surface area contributed by atoms with Crippen molar-refractivity contribution in [3.63, 3.8) is 0 Å². The van der Waals surface area contributed by atoms with Crippen LogP contribution < -0.4 is 5.02 Å². The van der Waals surface area contributed by atoms with Gasteiger partial charge in [0.2, 0.25) is 0 Å². The quantitative estimate of drug-likeness (QED) is 0.488. The van der Waals surface area contributed by atoms with Crippen LogP contribution in [-0.2, 0) is 4.70 Å². The Labute approximate surface area is 103 Å². The molecule has 0 saturated heterocycles. The molecular weight excluding hydrogens is 218 g/mol. The zero-order valence-corrected chi connectivity index (χ0v) is 12.4. The Bertz CT molecular complexity index is 124. The van der Waals surface area contributed by atoms with Gasteiger partial charge < -0.3 is 0 Å². The average Bonchev–Trinajstić information content (AvgIpc) is 2.20. The van der Waals surface area contributed by atoms with E-state index in [2.05, 4.69) is 27.7 Å². The van der Waals surface area contributed by atoms with Crippen molar-refractivity contribution in [2.45, 2.75) is 53.4 Å². The maximum absolute atomic E-state index is 8.25. The van der Waals surface area contributed by atoms with E-state index < -0.39 is 14.6 Å². The zero-order valence-electron chi connectivity index (χ0n) is 11.5. The van der Waals surface area contributed by atoms with Crippen molar-refractivity contribution in [2.75, 3.05) is 24.6 Å². The SMILES string of the molecule is CCC[P+](CCC)(CCC)CCC.O=B[O-]. The van der Waals surface area contributed by atoms with Crippen molar-refractivity contribution >= 4 is 14.6 Å². The topological polar surface area (TPSA) is 40.1 Å². The second kappa shape index (κ2) is 13.2. The zero-order chi connectivity index (χ0) is 12.9. The first-order chi connectivity index (χ1) is 7.66. The molecule has 2 nitrogen and oxygen atoms in total. The van der Waals surface area contributed by atoms with Crippen molar-refractivity contribution in [3.8, 4) is 0 Å². The van der Waals surface area contributed by atoms with Crippen LogP contribution in [0, 0.1) is 0 Å². The fourth-order valence-corrected chi connectivity index (χ4v) is 7.70. The van der Waals surface area contributed by atoms with Crippen LogP contribution in [0.25, 0.3) is 0 Å². The standard InChI is InChI=1S/C12H28P.BO2/c1-5-9-13(10-6-2,11-7-3)12-8-4;2-1-3/h5-12H2,1-4H3;/q+1;-1. The maximum atomic E-state index is 8.25. The van der Waals surface area contributed by atoms with E-state index >= 15 is 0 Å². The molecule has 0 bridgehead atoms. The van der Waals surface area contributed by atoms with E-state index in [1.54, 1.807) is 24.6 Å². The van der Waals surface area contributed by atoms with Crippen LogP contribution in [0.3, 0.4) is 0 Å². The van der Waals surface area contributed by atoms with E-state index in [4.69, 9.17) is 9.73 Å². The van der Waals surface area contributed by atoms with Crippen LogP contribution in [0.15, 0.2) is 0 Å². The first kappa shape index (κ1) is 18.5. The van der Waals surface area contributed by atoms with Crippen molar-refractivity contribution in [3.05, 3.63) is 0 Å². The normalized spacial score (nSPS) is 10.2. The van der Waals surface area contributed by atoms with Crippen LogP contribution >= 0.6 is 7.26 Å². The van der Waals surface area contributed by atoms with Crippen molar-refractivity contribution in [2.24, 2.45) is 0 Å². The summed E-state index contributed by atoms with van der Waals surface area (Å²) in [4.78, 5) is 0. The minimum atomic E-state index is -0.500. The van der Waals surface area contributed by atoms with Crippen LogP contribution in [0.4, 0.5) is 0 Å². The van der Waals surface area contributed by atoms with E-state index in [1.807, 2.05) is 0 Å². The van der Waals surface area contributed by atoms with E-state index in [-0.39, 0.29) is 0 Å². The van der Waals surface area contributed by atoms with Gasteiger partial charge in [-0.15, -0.1) is 0 Å². The monoisotopic (exact) mass is 246 g/mol. The van der Waals surface area contributed by atoms with E-state index in [0.29, 0.717) is 0 Å². The van der Waals surface area contributed by atoms with Gasteiger partial charge in [-0.25, -0.2) is 0 Å². The van der Waals surface area contributed by atoms with Crippen LogP contribution in [0.2, 0.25) is 0 Å². The van der Waals surface area contributed by atoms with Crippen LogP contribution in [-0.4, -0.2) is 32.0 Å². The third kappa shape index (κ3) is 9.33. The molecule has 0 N–H and O–H groups in total. The predicted octanol–water partition coefficient (Wildman–Crippen LogP) is 2.96. The fraction of sp³-hybridized carbons (Fsp3) is 1.00. The first-order valence-electron chi connectivity index (χ1n) is 6.56. The molecule has 0 aliphatic carbocycles. The van der Waals surface area contributed by atoms with Gasteiger partial charge in [0.15, 0.2) is 0 Å². The van der Waals surface area contributed by atoms with Gasteiger partial charge in [-0.05, 0) is 25.7 Å². The first-order valence-corrected chi connectivity index (χ1v) is 9.09. The molecule has 0 radical (unpaired) electrons. The molecule has 0 spiro atoms. The molecule has 0 amide bonds. The van der Waals surface area contributed by atoms with Gasteiger partial charge in [0.1, 0.15) is 0 Å². The van der Waals surface area contributed by atoms with Crippen LogP contribution in [0.1, 0.15) is 53.4 Å². The van der Waals surface area contributed by atoms with E-state index in [1.165, 1.54) is 25.7 Å². The summed E-state index contributed by atoms with van der Waals surface area (Å²) in [5.41, 5.74) is 0. The molecule has 0 aromatic rings. The van der Waals surface area contributed by atoms with Gasteiger partial charge in [0, 0.05) is 7.26 Å². The summed E-state index contributed by atoms with van der Waals surface area (Å²) in [5.74, 6) is 0. The van der Waals surface area contributed by atoms with Crippen LogP contribution in [0.5, 0.6) is 0 Å². The Morgan fingerprint density at radius 2 is 1.00 bits per heavy atom. The Hall–Kier alpha value is 0.0949. The fourth-order valence-electron chi connectivity index (χ4n) is 2.57. The Kier molecular flexibility index (Phi) is 15.2. The molecule has 0 heterocycles. The molecular formula is C12H28BO2P. The molecule has 16 heavy (non-hydrogen) atoms. The predicted molar refractivity (Wildman–Crippen MR) is 74.0 cm³/mol. The molecule has 0 aliphatic heterocycles. The van der Waals surface area contributed by atoms with Gasteiger partial charge in [0.25, 0.3) is 0 Å². The summed E-state index contributed by atoms with van der Waals surface area (Å²) < 4.78 is 8.25. The Balaban J connectivity index is 0. The van der Waals surface area contributed by atoms with Crippen molar-refractivity contribution < 1.29 is 9.73 Å². The second-order valence-corrected chi connectivity index (χ2v) is 8.80. The van der Waals surface area contributed by atoms with Crippen molar-refractivity contribution in [1.82, 2.24) is 0 Å². The molecule has 0 fully saturated rings. The number of rotatable bonds is 8. The molecule has 0 rings (SSSR count). The summed E-state index contributed by atoms with van der Waals surface area (Å²) in [6.07, 6.45) is 11.9. The third-order valence-corrected chi connectivity index (χ3v) is 8.38.